The van der Waals surface area contributed by atoms with Gasteiger partial charge in [-0.3, -0.25) is 19.3 Å². The van der Waals surface area contributed by atoms with Crippen LogP contribution in [-0.4, -0.2) is 40.9 Å². The number of hydrogen-bond donors (Lipinski definition) is 0. The lowest BCUT2D eigenvalue weighted by Gasteiger charge is -2.21. The minimum absolute atomic E-state index is 0.00598. The van der Waals surface area contributed by atoms with Crippen LogP contribution in [0.2, 0.25) is 0 Å². The number of fused-ring (bicyclic) bond motifs is 1. The number of carbonyl (C=O) groups is 3. The Morgan fingerprint density at radius 3 is 2.30 bits per heavy atom. The van der Waals surface area contributed by atoms with Crippen LogP contribution in [0.25, 0.3) is 0 Å². The minimum Gasteiger partial charge on any atom is -0.455 e. The molecule has 0 saturated carbocycles. The number of ether oxygens (including phenoxy) is 1. The number of rotatable bonds is 5. The van der Waals surface area contributed by atoms with Crippen molar-refractivity contribution in [3.8, 4) is 0 Å². The molecule has 1 atom stereocenters. The van der Waals surface area contributed by atoms with Crippen molar-refractivity contribution in [2.24, 2.45) is 0 Å². The second kappa shape index (κ2) is 6.09. The van der Waals surface area contributed by atoms with Crippen molar-refractivity contribution in [1.29, 1.82) is 0 Å². The van der Waals surface area contributed by atoms with Crippen LogP contribution < -0.4 is 0 Å². The van der Waals surface area contributed by atoms with E-state index in [0.717, 1.165) is 4.90 Å². The summed E-state index contributed by atoms with van der Waals surface area (Å²) in [6.45, 7) is 1.67. The molecule has 5 nitrogen and oxygen atoms in total. The first kappa shape index (κ1) is 14.6. The van der Waals surface area contributed by atoms with Gasteiger partial charge in [-0.1, -0.05) is 12.1 Å². The lowest BCUT2D eigenvalue weighted by molar-refractivity contribution is -0.142. The van der Waals surface area contributed by atoms with Gasteiger partial charge in [-0.15, -0.1) is 11.8 Å². The molecule has 20 heavy (non-hydrogen) atoms. The van der Waals surface area contributed by atoms with Crippen LogP contribution in [0.15, 0.2) is 24.3 Å². The Morgan fingerprint density at radius 1 is 1.25 bits per heavy atom. The van der Waals surface area contributed by atoms with Gasteiger partial charge in [-0.05, 0) is 25.3 Å². The first-order valence-electron chi connectivity index (χ1n) is 6.17. The highest BCUT2D eigenvalue weighted by Gasteiger charge is 2.38. The van der Waals surface area contributed by atoms with Crippen LogP contribution >= 0.6 is 11.8 Å². The zero-order valence-electron chi connectivity index (χ0n) is 11.3. The summed E-state index contributed by atoms with van der Waals surface area (Å²) in [6.07, 6.45) is 1.83. The summed E-state index contributed by atoms with van der Waals surface area (Å²) in [6, 6.07) is 6.15. The van der Waals surface area contributed by atoms with Gasteiger partial charge in [0.05, 0.1) is 17.5 Å². The molecule has 2 amide bonds. The normalized spacial score (nSPS) is 15.2. The van der Waals surface area contributed by atoms with Crippen molar-refractivity contribution in [3.63, 3.8) is 0 Å². The molecule has 1 aromatic carbocycles. The number of thioether (sulfide) groups is 1. The van der Waals surface area contributed by atoms with Crippen LogP contribution in [0, 0.1) is 0 Å². The summed E-state index contributed by atoms with van der Waals surface area (Å²) in [7, 11) is 0. The molecule has 1 aliphatic heterocycles. The lowest BCUT2D eigenvalue weighted by atomic mass is 10.1. The van der Waals surface area contributed by atoms with E-state index in [9.17, 15) is 14.4 Å². The van der Waals surface area contributed by atoms with Gasteiger partial charge in [0.15, 0.2) is 0 Å². The molecule has 106 valence electrons. The van der Waals surface area contributed by atoms with Gasteiger partial charge < -0.3 is 4.74 Å². The average Bonchev–Trinajstić information content (AvgIpc) is 2.69. The monoisotopic (exact) mass is 293 g/mol. The number of hydrogen-bond acceptors (Lipinski definition) is 5. The summed E-state index contributed by atoms with van der Waals surface area (Å²) < 4.78 is 4.94. The van der Waals surface area contributed by atoms with Crippen LogP contribution in [0.4, 0.5) is 0 Å². The van der Waals surface area contributed by atoms with Gasteiger partial charge in [0.2, 0.25) is 0 Å². The third-order valence-electron chi connectivity index (χ3n) is 3.07. The van der Waals surface area contributed by atoms with Gasteiger partial charge in [0.25, 0.3) is 11.8 Å². The van der Waals surface area contributed by atoms with Crippen LogP contribution in [0.5, 0.6) is 0 Å². The summed E-state index contributed by atoms with van der Waals surface area (Å²) in [5.41, 5.74) is 0.781. The van der Waals surface area contributed by atoms with Crippen molar-refractivity contribution in [2.45, 2.75) is 19.4 Å². The smallest absolute Gasteiger partial charge is 0.308 e. The van der Waals surface area contributed by atoms with Gasteiger partial charge in [-0.25, -0.2) is 0 Å². The molecule has 2 rings (SSSR count). The molecule has 0 radical (unpaired) electrons. The van der Waals surface area contributed by atoms with Gasteiger partial charge in [0, 0.05) is 6.04 Å². The van der Waals surface area contributed by atoms with Gasteiger partial charge >= 0.3 is 5.97 Å². The van der Waals surface area contributed by atoms with Crippen LogP contribution in [0.3, 0.4) is 0 Å². The molecule has 0 fully saturated rings. The van der Waals surface area contributed by atoms with E-state index >= 15 is 0 Å². The summed E-state index contributed by atoms with van der Waals surface area (Å²) in [4.78, 5) is 37.1. The molecule has 1 heterocycles. The molecule has 0 N–H and O–H groups in total. The molecule has 1 aromatic rings. The van der Waals surface area contributed by atoms with Crippen molar-refractivity contribution in [2.75, 3.05) is 12.2 Å². The quantitative estimate of drug-likeness (QED) is 0.471. The fourth-order valence-corrected chi connectivity index (χ4v) is 2.37. The topological polar surface area (TPSA) is 63.7 Å². The van der Waals surface area contributed by atoms with Crippen LogP contribution in [-0.2, 0) is 9.53 Å². The van der Waals surface area contributed by atoms with E-state index in [1.807, 2.05) is 6.26 Å². The molecule has 0 bridgehead atoms. The van der Waals surface area contributed by atoms with E-state index in [-0.39, 0.29) is 24.2 Å². The van der Waals surface area contributed by atoms with E-state index < -0.39 is 12.0 Å². The maximum absolute atomic E-state index is 12.2. The molecular formula is C14H15NO4S. The molecule has 0 aromatic heterocycles. The maximum Gasteiger partial charge on any atom is 0.308 e. The fourth-order valence-electron chi connectivity index (χ4n) is 2.12. The highest BCUT2D eigenvalue weighted by atomic mass is 32.2. The third kappa shape index (κ3) is 2.70. The molecule has 0 unspecified atom stereocenters. The zero-order chi connectivity index (χ0) is 14.7. The molecule has 0 saturated heterocycles. The van der Waals surface area contributed by atoms with Gasteiger partial charge in [-0.2, -0.15) is 0 Å². The Bertz CT molecular complexity index is 523. The number of amides is 2. The molecule has 0 spiro atoms. The van der Waals surface area contributed by atoms with Crippen molar-refractivity contribution in [1.82, 2.24) is 4.90 Å². The predicted octanol–water partition coefficient (Wildman–Crippen LogP) is 1.92. The average molecular weight is 293 g/mol. The second-order valence-corrected chi connectivity index (χ2v) is 5.31. The SMILES string of the molecule is CSCOC(=O)C[C@@H](C)N1C(=O)c2ccccc2C1=O. The van der Waals surface area contributed by atoms with Gasteiger partial charge in [0.1, 0.15) is 5.94 Å². The second-order valence-electron chi connectivity index (χ2n) is 4.50. The predicted molar refractivity (Wildman–Crippen MR) is 75.5 cm³/mol. The Balaban J connectivity index is 2.09. The Morgan fingerprint density at radius 2 is 1.80 bits per heavy atom. The van der Waals surface area contributed by atoms with E-state index in [0.29, 0.717) is 11.1 Å². The molecule has 0 aliphatic carbocycles. The van der Waals surface area contributed by atoms with E-state index in [1.54, 1.807) is 31.2 Å². The largest absolute Gasteiger partial charge is 0.455 e. The van der Waals surface area contributed by atoms with Crippen molar-refractivity contribution >= 4 is 29.5 Å². The maximum atomic E-state index is 12.2. The van der Waals surface area contributed by atoms with E-state index in [2.05, 4.69) is 0 Å². The van der Waals surface area contributed by atoms with Crippen molar-refractivity contribution < 1.29 is 19.1 Å². The Labute approximate surface area is 121 Å². The highest BCUT2D eigenvalue weighted by molar-refractivity contribution is 7.98. The molecular weight excluding hydrogens is 278 g/mol. The number of benzene rings is 1. The van der Waals surface area contributed by atoms with Crippen LogP contribution in [0.1, 0.15) is 34.1 Å². The van der Waals surface area contributed by atoms with E-state index in [1.165, 1.54) is 11.8 Å². The molecule has 6 heteroatoms. The van der Waals surface area contributed by atoms with E-state index in [4.69, 9.17) is 4.74 Å². The number of carbonyl (C=O) groups excluding carboxylic acids is 3. The highest BCUT2D eigenvalue weighted by Crippen LogP contribution is 2.25. The summed E-state index contributed by atoms with van der Waals surface area (Å²) >= 11 is 1.39. The number of nitrogens with zero attached hydrogens (tertiary/aromatic N) is 1. The standard InChI is InChI=1S/C14H15NO4S/c1-9(7-12(16)19-8-20-2)15-13(17)10-5-3-4-6-11(10)14(15)18/h3-6,9H,7-8H2,1-2H3/t9-/m1/s1. The molecule has 1 aliphatic rings. The first-order valence-corrected chi connectivity index (χ1v) is 7.57. The zero-order valence-corrected chi connectivity index (χ0v) is 12.1. The lowest BCUT2D eigenvalue weighted by Crippen LogP contribution is -2.39. The fraction of sp³-hybridized carbons (Fsp3) is 0.357. The summed E-state index contributed by atoms with van der Waals surface area (Å²) in [5.74, 6) is -0.844. The summed E-state index contributed by atoms with van der Waals surface area (Å²) in [5, 5.41) is 0. The Hall–Kier alpha value is -1.82. The Kier molecular flexibility index (Phi) is 4.44. The minimum atomic E-state index is -0.517. The number of esters is 1. The first-order chi connectivity index (χ1) is 9.56. The van der Waals surface area contributed by atoms with Crippen molar-refractivity contribution in [3.05, 3.63) is 35.4 Å². The number of imide groups is 1. The third-order valence-corrected chi connectivity index (χ3v) is 3.42.